The lowest BCUT2D eigenvalue weighted by Gasteiger charge is -2.00. The van der Waals surface area contributed by atoms with E-state index in [0.717, 1.165) is 17.1 Å². The van der Waals surface area contributed by atoms with Gasteiger partial charge in [-0.3, -0.25) is 0 Å². The highest BCUT2D eigenvalue weighted by Crippen LogP contribution is 1.97. The van der Waals surface area contributed by atoms with Gasteiger partial charge < -0.3 is 0 Å². The summed E-state index contributed by atoms with van der Waals surface area (Å²) in [5.41, 5.74) is 1.55. The van der Waals surface area contributed by atoms with E-state index in [1.54, 1.807) is 0 Å². The smallest absolute Gasteiger partial charge is 0.0743 e. The second-order valence-electron chi connectivity index (χ2n) is 1.70. The van der Waals surface area contributed by atoms with E-state index < -0.39 is 8.80 Å². The third kappa shape index (κ3) is 3.53. The third-order valence-electron chi connectivity index (χ3n) is 0.936. The highest BCUT2D eigenvalue weighted by atomic mass is 35.5. The molecule has 0 unspecified atom stereocenters. The Morgan fingerprint density at radius 2 is 1.88 bits per heavy atom. The first-order valence-electron chi connectivity index (χ1n) is 2.58. The van der Waals surface area contributed by atoms with Crippen molar-refractivity contribution >= 4 is 32.0 Å². The average molecular weight is 169 g/mol. The molecule has 0 aliphatic rings. The van der Waals surface area contributed by atoms with Crippen LogP contribution in [0, 0.1) is 0 Å². The van der Waals surface area contributed by atoms with Gasteiger partial charge in [0.2, 0.25) is 0 Å². The molecule has 0 amide bonds. The lowest BCUT2D eigenvalue weighted by Crippen LogP contribution is -2.16. The van der Waals surface area contributed by atoms with Gasteiger partial charge in [0.1, 0.15) is 0 Å². The Bertz CT molecular complexity index is 61.4. The number of rotatable bonds is 4. The summed E-state index contributed by atoms with van der Waals surface area (Å²) in [5, 5.41) is 0. The summed E-state index contributed by atoms with van der Waals surface area (Å²) in [5.74, 6) is 0. The first-order chi connectivity index (χ1) is 3.85. The van der Waals surface area contributed by atoms with E-state index in [2.05, 4.69) is 6.58 Å². The second-order valence-corrected chi connectivity index (χ2v) is 6.37. The zero-order chi connectivity index (χ0) is 6.41. The molecule has 0 nitrogen and oxygen atoms in total. The molecule has 0 aromatic heterocycles. The van der Waals surface area contributed by atoms with Crippen molar-refractivity contribution in [3.63, 3.8) is 0 Å². The minimum Gasteiger partial charge on any atom is -0.130 e. The van der Waals surface area contributed by atoms with Crippen LogP contribution in [0.15, 0.2) is 12.7 Å². The molecule has 0 N–H and O–H groups in total. The van der Waals surface area contributed by atoms with Crippen LogP contribution in [0.1, 0.15) is 0 Å². The summed E-state index contributed by atoms with van der Waals surface area (Å²) in [6, 6.07) is 1.06. The standard InChI is InChI=1S/C5H10Cl2Si/c1-2-3-8(4-6)5-7/h2,8H,1,3-5H2. The normalized spacial score (nSPS) is 9.88. The van der Waals surface area contributed by atoms with Gasteiger partial charge >= 0.3 is 0 Å². The Morgan fingerprint density at radius 3 is 2.00 bits per heavy atom. The predicted molar refractivity (Wildman–Crippen MR) is 43.6 cm³/mol. The van der Waals surface area contributed by atoms with Crippen molar-refractivity contribution in [1.82, 2.24) is 0 Å². The third-order valence-corrected chi connectivity index (χ3v) is 5.43. The van der Waals surface area contributed by atoms with E-state index in [9.17, 15) is 0 Å². The van der Waals surface area contributed by atoms with E-state index in [1.807, 2.05) is 6.08 Å². The number of hydrogen-bond donors (Lipinski definition) is 0. The summed E-state index contributed by atoms with van der Waals surface area (Å²) in [6.07, 6.45) is 1.90. The Hall–Kier alpha value is 0.537. The van der Waals surface area contributed by atoms with Crippen molar-refractivity contribution < 1.29 is 0 Å². The summed E-state index contributed by atoms with van der Waals surface area (Å²) in [7, 11) is -0.779. The average Bonchev–Trinajstić information content (AvgIpc) is 1.83. The van der Waals surface area contributed by atoms with Gasteiger partial charge in [-0.1, -0.05) is 6.08 Å². The molecule has 0 aromatic rings. The molecular weight excluding hydrogens is 159 g/mol. The van der Waals surface area contributed by atoms with Gasteiger partial charge in [-0.15, -0.1) is 29.8 Å². The molecule has 0 saturated carbocycles. The topological polar surface area (TPSA) is 0 Å². The van der Waals surface area contributed by atoms with Crippen molar-refractivity contribution in [3.05, 3.63) is 12.7 Å². The number of alkyl halides is 2. The fraction of sp³-hybridized carbons (Fsp3) is 0.600. The van der Waals surface area contributed by atoms with Crippen LogP contribution >= 0.6 is 23.2 Å². The van der Waals surface area contributed by atoms with Gasteiger partial charge in [-0.25, -0.2) is 0 Å². The maximum Gasteiger partial charge on any atom is 0.0743 e. The Balaban J connectivity index is 3.20. The van der Waals surface area contributed by atoms with Crippen LogP contribution in [0.2, 0.25) is 6.04 Å². The molecule has 0 aromatic carbocycles. The molecule has 3 heteroatoms. The van der Waals surface area contributed by atoms with Gasteiger partial charge in [-0.2, -0.15) is 0 Å². The van der Waals surface area contributed by atoms with Crippen molar-refractivity contribution in [3.8, 4) is 0 Å². The molecule has 0 fully saturated rings. The second kappa shape index (κ2) is 5.67. The molecule has 0 aliphatic carbocycles. The van der Waals surface area contributed by atoms with Crippen LogP contribution in [-0.2, 0) is 0 Å². The SMILES string of the molecule is C=CC[SiH](CCl)CCl. The van der Waals surface area contributed by atoms with Gasteiger partial charge in [0, 0.05) is 11.0 Å². The maximum absolute atomic E-state index is 5.58. The first-order valence-corrected chi connectivity index (χ1v) is 6.09. The molecule has 0 radical (unpaired) electrons. The molecule has 0 bridgehead atoms. The van der Waals surface area contributed by atoms with Gasteiger partial charge in [-0.05, 0) is 6.04 Å². The van der Waals surface area contributed by atoms with Crippen LogP contribution in [0.4, 0.5) is 0 Å². The molecular formula is C5H10Cl2Si. The predicted octanol–water partition coefficient (Wildman–Crippen LogP) is 1.96. The Kier molecular flexibility index (Phi) is 6.05. The number of allylic oxidation sites excluding steroid dienone is 1. The lowest BCUT2D eigenvalue weighted by atomic mass is 10.8. The van der Waals surface area contributed by atoms with Gasteiger partial charge in [0.05, 0.1) is 8.80 Å². The van der Waals surface area contributed by atoms with Crippen LogP contribution in [0.3, 0.4) is 0 Å². The largest absolute Gasteiger partial charge is 0.130 e. The van der Waals surface area contributed by atoms with E-state index in [0.29, 0.717) is 0 Å². The van der Waals surface area contributed by atoms with E-state index in [1.165, 1.54) is 0 Å². The van der Waals surface area contributed by atoms with Crippen molar-refractivity contribution in [2.75, 3.05) is 11.0 Å². The van der Waals surface area contributed by atoms with Crippen molar-refractivity contribution in [1.29, 1.82) is 0 Å². The van der Waals surface area contributed by atoms with Crippen LogP contribution < -0.4 is 0 Å². The van der Waals surface area contributed by atoms with Crippen molar-refractivity contribution in [2.24, 2.45) is 0 Å². The fourth-order valence-electron chi connectivity index (χ4n) is 0.403. The summed E-state index contributed by atoms with van der Waals surface area (Å²) < 4.78 is 0. The highest BCUT2D eigenvalue weighted by Gasteiger charge is 2.03. The molecule has 48 valence electrons. The maximum atomic E-state index is 5.58. The Labute approximate surface area is 62.1 Å². The van der Waals surface area contributed by atoms with Gasteiger partial charge in [0.15, 0.2) is 0 Å². The molecule has 0 atom stereocenters. The van der Waals surface area contributed by atoms with E-state index >= 15 is 0 Å². The molecule has 0 aliphatic heterocycles. The summed E-state index contributed by atoms with van der Waals surface area (Å²) in [6.45, 7) is 3.61. The Morgan fingerprint density at radius 1 is 1.38 bits per heavy atom. The van der Waals surface area contributed by atoms with Gasteiger partial charge in [0.25, 0.3) is 0 Å². The number of halogens is 2. The molecule has 0 saturated heterocycles. The molecule has 8 heavy (non-hydrogen) atoms. The summed E-state index contributed by atoms with van der Waals surface area (Å²) in [4.78, 5) is 0. The molecule has 0 spiro atoms. The first kappa shape index (κ1) is 8.54. The summed E-state index contributed by atoms with van der Waals surface area (Å²) >= 11 is 11.2. The van der Waals surface area contributed by atoms with E-state index in [4.69, 9.17) is 23.2 Å². The minimum absolute atomic E-state index is 0.773. The van der Waals surface area contributed by atoms with Crippen LogP contribution in [0.5, 0.6) is 0 Å². The fourth-order valence-corrected chi connectivity index (χ4v) is 2.95. The quantitative estimate of drug-likeness (QED) is 0.343. The molecule has 0 rings (SSSR count). The zero-order valence-corrected chi connectivity index (χ0v) is 7.41. The van der Waals surface area contributed by atoms with E-state index in [-0.39, 0.29) is 0 Å². The van der Waals surface area contributed by atoms with Crippen molar-refractivity contribution in [2.45, 2.75) is 6.04 Å². The zero-order valence-electron chi connectivity index (χ0n) is 4.74. The lowest BCUT2D eigenvalue weighted by molar-refractivity contribution is 1.59. The molecule has 0 heterocycles. The monoisotopic (exact) mass is 168 g/mol. The van der Waals surface area contributed by atoms with Crippen LogP contribution in [0.25, 0.3) is 0 Å². The number of hydrogen-bond acceptors (Lipinski definition) is 0. The minimum atomic E-state index is -0.779. The van der Waals surface area contributed by atoms with Crippen LogP contribution in [-0.4, -0.2) is 19.8 Å². The highest BCUT2D eigenvalue weighted by molar-refractivity contribution is 6.73.